The zero-order chi connectivity index (χ0) is 22.9. The van der Waals surface area contributed by atoms with E-state index in [4.69, 9.17) is 4.98 Å². The van der Waals surface area contributed by atoms with Crippen molar-refractivity contribution < 1.29 is 4.79 Å². The van der Waals surface area contributed by atoms with Crippen LogP contribution in [0.3, 0.4) is 0 Å². The van der Waals surface area contributed by atoms with Gasteiger partial charge in [0.05, 0.1) is 17.6 Å². The summed E-state index contributed by atoms with van der Waals surface area (Å²) in [7, 11) is 1.78. The second kappa shape index (κ2) is 8.73. The lowest BCUT2D eigenvalue weighted by molar-refractivity contribution is -0.121. The van der Waals surface area contributed by atoms with Crippen LogP contribution < -0.4 is 11.0 Å². The molecule has 1 amide bonds. The number of allylic oxidation sites excluding steroid dienone is 1. The predicted octanol–water partition coefficient (Wildman–Crippen LogP) is 3.47. The third kappa shape index (κ3) is 4.82. The smallest absolute Gasteiger partial charge is 0.330 e. The second-order valence-electron chi connectivity index (χ2n) is 9.83. The molecule has 7 nitrogen and oxygen atoms in total. The highest BCUT2D eigenvalue weighted by molar-refractivity contribution is 5.79. The Bertz CT molecular complexity index is 1210. The highest BCUT2D eigenvalue weighted by Gasteiger charge is 2.21. The van der Waals surface area contributed by atoms with E-state index in [-0.39, 0.29) is 23.1 Å². The first-order valence-corrected chi connectivity index (χ1v) is 11.2. The number of hydrogen-bond acceptors (Lipinski definition) is 4. The van der Waals surface area contributed by atoms with Gasteiger partial charge >= 0.3 is 5.69 Å². The quantitative estimate of drug-likeness (QED) is 0.668. The van der Waals surface area contributed by atoms with Crippen LogP contribution in [0.2, 0.25) is 0 Å². The van der Waals surface area contributed by atoms with E-state index < -0.39 is 0 Å². The van der Waals surface area contributed by atoms with Crippen molar-refractivity contribution in [2.45, 2.75) is 59.0 Å². The van der Waals surface area contributed by atoms with Gasteiger partial charge in [0.1, 0.15) is 0 Å². The lowest BCUT2D eigenvalue weighted by Crippen LogP contribution is -2.36. The minimum Gasteiger partial charge on any atom is -0.353 e. The Labute approximate surface area is 188 Å². The third-order valence-corrected chi connectivity index (χ3v) is 5.81. The maximum Gasteiger partial charge on any atom is 0.330 e. The van der Waals surface area contributed by atoms with Crippen molar-refractivity contribution in [1.82, 2.24) is 24.4 Å². The number of nitrogens with zero attached hydrogens (tertiary/aromatic N) is 4. The monoisotopic (exact) mass is 433 g/mol. The van der Waals surface area contributed by atoms with Crippen LogP contribution in [-0.2, 0) is 24.8 Å². The highest BCUT2D eigenvalue weighted by Crippen LogP contribution is 2.28. The number of aryl methyl sites for hydroxylation is 1. The molecule has 4 rings (SSSR count). The number of pyridine rings is 2. The van der Waals surface area contributed by atoms with Crippen molar-refractivity contribution in [2.24, 2.45) is 12.5 Å². The minimum atomic E-state index is -0.0337. The SMILES string of the molecule is Cn1c(=O)n(CC(C)(C)C)c2ccc(C3=CCC(NC(=O)Cc4cccnc4)CC3)nc21. The largest absolute Gasteiger partial charge is 0.353 e. The van der Waals surface area contributed by atoms with Gasteiger partial charge in [0, 0.05) is 32.0 Å². The van der Waals surface area contributed by atoms with Crippen LogP contribution in [0.1, 0.15) is 51.3 Å². The normalized spacial score (nSPS) is 16.8. The summed E-state index contributed by atoms with van der Waals surface area (Å²) >= 11 is 0. The van der Waals surface area contributed by atoms with E-state index in [0.29, 0.717) is 18.6 Å². The van der Waals surface area contributed by atoms with Crippen LogP contribution >= 0.6 is 0 Å². The van der Waals surface area contributed by atoms with E-state index in [1.54, 1.807) is 24.0 Å². The molecule has 0 saturated heterocycles. The lowest BCUT2D eigenvalue weighted by atomic mass is 9.93. The van der Waals surface area contributed by atoms with Gasteiger partial charge in [-0.05, 0) is 54.0 Å². The van der Waals surface area contributed by atoms with Crippen molar-refractivity contribution in [2.75, 3.05) is 0 Å². The van der Waals surface area contributed by atoms with Crippen LogP contribution in [0.15, 0.2) is 47.5 Å². The first kappa shape index (κ1) is 22.0. The number of hydrogen-bond donors (Lipinski definition) is 1. The molecule has 0 fully saturated rings. The van der Waals surface area contributed by atoms with E-state index in [1.807, 2.05) is 28.8 Å². The molecule has 7 heteroatoms. The third-order valence-electron chi connectivity index (χ3n) is 5.81. The maximum absolute atomic E-state index is 12.8. The molecule has 1 N–H and O–H groups in total. The molecule has 0 bridgehead atoms. The van der Waals surface area contributed by atoms with Crippen molar-refractivity contribution in [3.8, 4) is 0 Å². The molecule has 0 aromatic carbocycles. The van der Waals surface area contributed by atoms with Gasteiger partial charge < -0.3 is 5.32 Å². The first-order chi connectivity index (χ1) is 15.2. The second-order valence-corrected chi connectivity index (χ2v) is 9.83. The summed E-state index contributed by atoms with van der Waals surface area (Å²) in [5.74, 6) is 0.0228. The van der Waals surface area contributed by atoms with Gasteiger partial charge in [-0.3, -0.25) is 18.9 Å². The van der Waals surface area contributed by atoms with Gasteiger partial charge in [0.2, 0.25) is 5.91 Å². The van der Waals surface area contributed by atoms with Crippen LogP contribution in [0.4, 0.5) is 0 Å². The number of carbonyl (C=O) groups excluding carboxylic acids is 1. The number of fused-ring (bicyclic) bond motifs is 1. The van der Waals surface area contributed by atoms with E-state index in [1.165, 1.54) is 5.57 Å². The number of amides is 1. The summed E-state index contributed by atoms with van der Waals surface area (Å²) in [5, 5.41) is 3.13. The summed E-state index contributed by atoms with van der Waals surface area (Å²) in [6, 6.07) is 7.90. The van der Waals surface area contributed by atoms with E-state index in [0.717, 1.165) is 36.0 Å². The molecule has 0 spiro atoms. The highest BCUT2D eigenvalue weighted by atomic mass is 16.2. The van der Waals surface area contributed by atoms with Crippen molar-refractivity contribution >= 4 is 22.6 Å². The summed E-state index contributed by atoms with van der Waals surface area (Å²) in [6.07, 6.45) is 8.43. The summed E-state index contributed by atoms with van der Waals surface area (Å²) in [4.78, 5) is 34.0. The number of imidazole rings is 1. The molecule has 3 aromatic rings. The molecular weight excluding hydrogens is 402 g/mol. The summed E-state index contributed by atoms with van der Waals surface area (Å²) in [6.45, 7) is 7.02. The fourth-order valence-electron chi connectivity index (χ4n) is 4.24. The van der Waals surface area contributed by atoms with E-state index in [9.17, 15) is 9.59 Å². The maximum atomic E-state index is 12.8. The molecule has 3 aromatic heterocycles. The standard InChI is InChI=1S/C25H31N5O2/c1-25(2,3)16-30-21-12-11-20(28-23(21)29(4)24(30)32)18-7-9-19(10-8-18)27-22(31)14-17-6-5-13-26-15-17/h5-7,11-13,15,19H,8-10,14,16H2,1-4H3,(H,27,31). The molecule has 0 saturated carbocycles. The molecule has 168 valence electrons. The Morgan fingerprint density at radius 3 is 2.72 bits per heavy atom. The fourth-order valence-corrected chi connectivity index (χ4v) is 4.24. The molecule has 0 aliphatic heterocycles. The number of aromatic nitrogens is 4. The van der Waals surface area contributed by atoms with Gasteiger partial charge in [-0.25, -0.2) is 9.78 Å². The average Bonchev–Trinajstić information content (AvgIpc) is 2.98. The van der Waals surface area contributed by atoms with Gasteiger partial charge in [-0.1, -0.05) is 32.9 Å². The number of rotatable bonds is 5. The van der Waals surface area contributed by atoms with Crippen molar-refractivity contribution in [1.29, 1.82) is 0 Å². The molecule has 1 aliphatic carbocycles. The minimum absolute atomic E-state index is 0.000844. The Morgan fingerprint density at radius 1 is 1.25 bits per heavy atom. The molecule has 0 radical (unpaired) electrons. The Balaban J connectivity index is 1.47. The Morgan fingerprint density at radius 2 is 2.06 bits per heavy atom. The van der Waals surface area contributed by atoms with Crippen LogP contribution in [-0.4, -0.2) is 31.1 Å². The lowest BCUT2D eigenvalue weighted by Gasteiger charge is -2.23. The fraction of sp³-hybridized carbons (Fsp3) is 0.440. The molecule has 1 aliphatic rings. The van der Waals surface area contributed by atoms with Gasteiger partial charge in [-0.2, -0.15) is 0 Å². The topological polar surface area (TPSA) is 81.8 Å². The van der Waals surface area contributed by atoms with Crippen molar-refractivity contribution in [3.63, 3.8) is 0 Å². The summed E-state index contributed by atoms with van der Waals surface area (Å²) in [5.41, 5.74) is 4.53. The van der Waals surface area contributed by atoms with Crippen LogP contribution in [0.5, 0.6) is 0 Å². The van der Waals surface area contributed by atoms with Crippen molar-refractivity contribution in [3.05, 3.63) is 64.5 Å². The molecule has 1 unspecified atom stereocenters. The number of nitrogens with one attached hydrogen (secondary N) is 1. The molecule has 32 heavy (non-hydrogen) atoms. The zero-order valence-electron chi connectivity index (χ0n) is 19.3. The predicted molar refractivity (Wildman–Crippen MR) is 126 cm³/mol. The van der Waals surface area contributed by atoms with Gasteiger partial charge in [0.15, 0.2) is 5.65 Å². The number of carbonyl (C=O) groups is 1. The molecular formula is C25H31N5O2. The molecule has 1 atom stereocenters. The average molecular weight is 434 g/mol. The van der Waals surface area contributed by atoms with E-state index in [2.05, 4.69) is 37.1 Å². The molecule has 3 heterocycles. The first-order valence-electron chi connectivity index (χ1n) is 11.2. The van der Waals surface area contributed by atoms with Gasteiger partial charge in [-0.15, -0.1) is 0 Å². The van der Waals surface area contributed by atoms with E-state index >= 15 is 0 Å². The van der Waals surface area contributed by atoms with Gasteiger partial charge in [0.25, 0.3) is 0 Å². The Kier molecular flexibility index (Phi) is 6.00. The zero-order valence-corrected chi connectivity index (χ0v) is 19.3. The van der Waals surface area contributed by atoms with Crippen LogP contribution in [0.25, 0.3) is 16.7 Å². The van der Waals surface area contributed by atoms with Crippen LogP contribution in [0, 0.1) is 5.41 Å². The summed E-state index contributed by atoms with van der Waals surface area (Å²) < 4.78 is 3.45. The Hall–Kier alpha value is -3.22.